The molecule has 2 atom stereocenters. The zero-order valence-corrected chi connectivity index (χ0v) is 11.2. The van der Waals surface area contributed by atoms with Crippen LogP contribution in [0, 0.1) is 0 Å². The number of nitrogens with one attached hydrogen (secondary N) is 2. The first kappa shape index (κ1) is 11.4. The molecule has 0 amide bonds. The molecule has 0 saturated carbocycles. The normalized spacial score (nSPS) is 27.0. The van der Waals surface area contributed by atoms with Crippen molar-refractivity contribution in [3.63, 3.8) is 0 Å². The SMILES string of the molecule is Clc1nc(NC2CCN3CCCC23)c2cn[nH]c2n1. The minimum atomic E-state index is 0.250. The highest BCUT2D eigenvalue weighted by molar-refractivity contribution is 6.28. The van der Waals surface area contributed by atoms with Crippen LogP contribution < -0.4 is 5.32 Å². The number of halogens is 1. The average Bonchev–Trinajstić information content (AvgIpc) is 3.05. The van der Waals surface area contributed by atoms with Gasteiger partial charge in [-0.05, 0) is 37.4 Å². The van der Waals surface area contributed by atoms with E-state index in [4.69, 9.17) is 11.6 Å². The van der Waals surface area contributed by atoms with Crippen LogP contribution in [0.1, 0.15) is 19.3 Å². The topological polar surface area (TPSA) is 69.7 Å². The van der Waals surface area contributed by atoms with Gasteiger partial charge in [0.2, 0.25) is 5.28 Å². The van der Waals surface area contributed by atoms with E-state index in [2.05, 4.69) is 30.4 Å². The number of rotatable bonds is 2. The molecule has 100 valence electrons. The van der Waals surface area contributed by atoms with Crippen LogP contribution in [0.25, 0.3) is 11.0 Å². The van der Waals surface area contributed by atoms with E-state index in [1.807, 2.05) is 0 Å². The Hall–Kier alpha value is -1.40. The van der Waals surface area contributed by atoms with Crippen molar-refractivity contribution in [3.8, 4) is 0 Å². The molecule has 2 aliphatic heterocycles. The minimum Gasteiger partial charge on any atom is -0.365 e. The fraction of sp³-hybridized carbons (Fsp3) is 0.583. The number of hydrogen-bond acceptors (Lipinski definition) is 5. The monoisotopic (exact) mass is 278 g/mol. The molecule has 0 aliphatic carbocycles. The highest BCUT2D eigenvalue weighted by Gasteiger charge is 2.37. The van der Waals surface area contributed by atoms with Crippen molar-refractivity contribution in [2.24, 2.45) is 0 Å². The summed E-state index contributed by atoms with van der Waals surface area (Å²) in [5.74, 6) is 0.794. The fourth-order valence-electron chi connectivity index (χ4n) is 3.34. The van der Waals surface area contributed by atoms with E-state index in [1.165, 1.54) is 25.9 Å². The third-order valence-electron chi connectivity index (χ3n) is 4.21. The number of aromatic amines is 1. The highest BCUT2D eigenvalue weighted by atomic mass is 35.5. The molecular weight excluding hydrogens is 264 g/mol. The molecule has 0 spiro atoms. The molecule has 0 aromatic carbocycles. The van der Waals surface area contributed by atoms with Gasteiger partial charge in [-0.25, -0.2) is 0 Å². The maximum Gasteiger partial charge on any atom is 0.226 e. The Morgan fingerprint density at radius 1 is 1.32 bits per heavy atom. The summed E-state index contributed by atoms with van der Waals surface area (Å²) in [4.78, 5) is 11.0. The Kier molecular flexibility index (Phi) is 2.60. The molecule has 4 heterocycles. The van der Waals surface area contributed by atoms with Gasteiger partial charge < -0.3 is 5.32 Å². The van der Waals surface area contributed by atoms with Gasteiger partial charge in [0.1, 0.15) is 5.82 Å². The third kappa shape index (κ3) is 1.86. The number of aromatic nitrogens is 4. The average molecular weight is 279 g/mol. The quantitative estimate of drug-likeness (QED) is 0.818. The first-order valence-corrected chi connectivity index (χ1v) is 7.06. The smallest absolute Gasteiger partial charge is 0.226 e. The Morgan fingerprint density at radius 3 is 3.21 bits per heavy atom. The molecule has 2 fully saturated rings. The molecule has 2 aliphatic rings. The second-order valence-electron chi connectivity index (χ2n) is 5.26. The third-order valence-corrected chi connectivity index (χ3v) is 4.38. The number of fused-ring (bicyclic) bond motifs is 2. The zero-order valence-electron chi connectivity index (χ0n) is 10.4. The summed E-state index contributed by atoms with van der Waals surface area (Å²) >= 11 is 5.96. The summed E-state index contributed by atoms with van der Waals surface area (Å²) in [5, 5.41) is 11.5. The molecule has 2 N–H and O–H groups in total. The number of hydrogen-bond donors (Lipinski definition) is 2. The van der Waals surface area contributed by atoms with E-state index in [-0.39, 0.29) is 5.28 Å². The molecule has 0 bridgehead atoms. The lowest BCUT2D eigenvalue weighted by atomic mass is 10.1. The molecule has 4 rings (SSSR count). The Morgan fingerprint density at radius 2 is 2.26 bits per heavy atom. The fourth-order valence-corrected chi connectivity index (χ4v) is 3.51. The van der Waals surface area contributed by atoms with Crippen LogP contribution in [0.15, 0.2) is 6.20 Å². The molecule has 2 aromatic rings. The van der Waals surface area contributed by atoms with Gasteiger partial charge in [0.25, 0.3) is 0 Å². The van der Waals surface area contributed by atoms with Crippen molar-refractivity contribution < 1.29 is 0 Å². The van der Waals surface area contributed by atoms with E-state index < -0.39 is 0 Å². The van der Waals surface area contributed by atoms with Crippen molar-refractivity contribution >= 4 is 28.5 Å². The minimum absolute atomic E-state index is 0.250. The van der Waals surface area contributed by atoms with Crippen LogP contribution >= 0.6 is 11.6 Å². The zero-order chi connectivity index (χ0) is 12.8. The molecular formula is C12H15ClN6. The summed E-state index contributed by atoms with van der Waals surface area (Å²) in [6.07, 6.45) is 5.47. The van der Waals surface area contributed by atoms with E-state index in [0.29, 0.717) is 17.7 Å². The molecule has 2 aromatic heterocycles. The maximum atomic E-state index is 5.96. The lowest BCUT2D eigenvalue weighted by molar-refractivity contribution is 0.318. The van der Waals surface area contributed by atoms with Gasteiger partial charge in [-0.1, -0.05) is 0 Å². The van der Waals surface area contributed by atoms with Crippen LogP contribution in [-0.4, -0.2) is 50.2 Å². The first-order chi connectivity index (χ1) is 9.31. The molecule has 2 unspecified atom stereocenters. The van der Waals surface area contributed by atoms with Crippen molar-refractivity contribution in [1.82, 2.24) is 25.1 Å². The Balaban J connectivity index is 1.66. The number of H-pyrrole nitrogens is 1. The second kappa shape index (κ2) is 4.31. The molecule has 0 radical (unpaired) electrons. The lowest BCUT2D eigenvalue weighted by Gasteiger charge is -2.21. The Bertz CT molecular complexity index is 611. The van der Waals surface area contributed by atoms with Crippen LogP contribution in [-0.2, 0) is 0 Å². The molecule has 2 saturated heterocycles. The molecule has 6 nitrogen and oxygen atoms in total. The van der Waals surface area contributed by atoms with Crippen LogP contribution in [0.3, 0.4) is 0 Å². The summed E-state index contributed by atoms with van der Waals surface area (Å²) in [5.41, 5.74) is 0.684. The van der Waals surface area contributed by atoms with Gasteiger partial charge in [-0.2, -0.15) is 15.1 Å². The second-order valence-corrected chi connectivity index (χ2v) is 5.60. The van der Waals surface area contributed by atoms with Gasteiger partial charge in [0, 0.05) is 18.6 Å². The van der Waals surface area contributed by atoms with Crippen LogP contribution in [0.5, 0.6) is 0 Å². The summed E-state index contributed by atoms with van der Waals surface area (Å²) < 4.78 is 0. The number of anilines is 1. The van der Waals surface area contributed by atoms with E-state index >= 15 is 0 Å². The van der Waals surface area contributed by atoms with Gasteiger partial charge >= 0.3 is 0 Å². The van der Waals surface area contributed by atoms with Crippen molar-refractivity contribution in [3.05, 3.63) is 11.5 Å². The standard InChI is InChI=1S/C12H15ClN6/c13-12-16-10(7-6-14-18-11(7)17-12)15-8-3-5-19-4-1-2-9(8)19/h6,8-9H,1-5H2,(H2,14,15,16,17,18). The molecule has 19 heavy (non-hydrogen) atoms. The van der Waals surface area contributed by atoms with Crippen LogP contribution in [0.4, 0.5) is 5.82 Å². The lowest BCUT2D eigenvalue weighted by Crippen LogP contribution is -2.34. The van der Waals surface area contributed by atoms with E-state index in [0.717, 1.165) is 17.6 Å². The van der Waals surface area contributed by atoms with Crippen LogP contribution in [0.2, 0.25) is 5.28 Å². The predicted molar refractivity (Wildman–Crippen MR) is 73.3 cm³/mol. The first-order valence-electron chi connectivity index (χ1n) is 6.68. The van der Waals surface area contributed by atoms with Gasteiger partial charge in [0.15, 0.2) is 5.65 Å². The van der Waals surface area contributed by atoms with Gasteiger partial charge in [-0.3, -0.25) is 10.00 Å². The van der Waals surface area contributed by atoms with E-state index in [1.54, 1.807) is 6.20 Å². The summed E-state index contributed by atoms with van der Waals surface area (Å²) in [6.45, 7) is 2.41. The molecule has 7 heteroatoms. The highest BCUT2D eigenvalue weighted by Crippen LogP contribution is 2.31. The summed E-state index contributed by atoms with van der Waals surface area (Å²) in [6, 6.07) is 1.09. The van der Waals surface area contributed by atoms with Crippen molar-refractivity contribution in [1.29, 1.82) is 0 Å². The predicted octanol–water partition coefficient (Wildman–Crippen LogP) is 1.65. The van der Waals surface area contributed by atoms with Gasteiger partial charge in [-0.15, -0.1) is 0 Å². The van der Waals surface area contributed by atoms with Crippen molar-refractivity contribution in [2.45, 2.75) is 31.3 Å². The Labute approximate surface area is 115 Å². The number of nitrogens with zero attached hydrogens (tertiary/aromatic N) is 4. The van der Waals surface area contributed by atoms with E-state index in [9.17, 15) is 0 Å². The van der Waals surface area contributed by atoms with Gasteiger partial charge in [0.05, 0.1) is 11.6 Å². The summed E-state index contributed by atoms with van der Waals surface area (Å²) in [7, 11) is 0. The van der Waals surface area contributed by atoms with Crippen molar-refractivity contribution in [2.75, 3.05) is 18.4 Å². The maximum absolute atomic E-state index is 5.96. The largest absolute Gasteiger partial charge is 0.365 e.